The van der Waals surface area contributed by atoms with E-state index in [4.69, 9.17) is 11.6 Å². The van der Waals surface area contributed by atoms with Crippen molar-refractivity contribution >= 4 is 17.3 Å². The van der Waals surface area contributed by atoms with E-state index in [-0.39, 0.29) is 10.8 Å². The van der Waals surface area contributed by atoms with Gasteiger partial charge in [-0.3, -0.25) is 0 Å². The molecule has 2 aromatic rings. The number of benzene rings is 2. The summed E-state index contributed by atoms with van der Waals surface area (Å²) in [5, 5.41) is 3.24. The van der Waals surface area contributed by atoms with Gasteiger partial charge in [-0.25, -0.2) is 4.39 Å². The number of alkyl halides is 3. The second-order valence-electron chi connectivity index (χ2n) is 4.16. The molecule has 1 N–H and O–H groups in total. The Morgan fingerprint density at radius 1 is 1.05 bits per heavy atom. The lowest BCUT2D eigenvalue weighted by Crippen LogP contribution is -2.17. The second kappa shape index (κ2) is 6.22. The van der Waals surface area contributed by atoms with E-state index in [2.05, 4.69) is 10.1 Å². The molecule has 7 heteroatoms. The van der Waals surface area contributed by atoms with Gasteiger partial charge in [-0.05, 0) is 42.0 Å². The smallest absolute Gasteiger partial charge is 0.406 e. The zero-order chi connectivity index (χ0) is 15.5. The predicted molar refractivity (Wildman–Crippen MR) is 71.9 cm³/mol. The van der Waals surface area contributed by atoms with Crippen molar-refractivity contribution in [1.29, 1.82) is 0 Å². The van der Waals surface area contributed by atoms with Gasteiger partial charge in [0.25, 0.3) is 0 Å². The van der Waals surface area contributed by atoms with Gasteiger partial charge in [0.05, 0.1) is 0 Å². The summed E-state index contributed by atoms with van der Waals surface area (Å²) in [6, 6.07) is 9.29. The predicted octanol–water partition coefficient (Wildman–Crippen LogP) is 4.99. The minimum Gasteiger partial charge on any atom is -0.406 e. The molecule has 0 fully saturated rings. The molecule has 0 radical (unpaired) electrons. The molecule has 0 atom stereocenters. The molecule has 2 aromatic carbocycles. The Bertz CT molecular complexity index is 613. The van der Waals surface area contributed by atoms with E-state index in [9.17, 15) is 17.6 Å². The summed E-state index contributed by atoms with van der Waals surface area (Å²) in [5.41, 5.74) is 1.26. The lowest BCUT2D eigenvalue weighted by atomic mass is 10.2. The molecular weight excluding hydrogens is 310 g/mol. The minimum absolute atomic E-state index is 0.277. The standard InChI is InChI=1S/C14H10ClF4NO/c15-13-7-10(16)2-1-9(13)8-20-11-3-5-12(6-4-11)21-14(17,18)19/h1-7,20H,8H2. The van der Waals surface area contributed by atoms with Gasteiger partial charge < -0.3 is 10.1 Å². The Hall–Kier alpha value is -1.95. The SMILES string of the molecule is Fc1ccc(CNc2ccc(OC(F)(F)F)cc2)c(Cl)c1. The van der Waals surface area contributed by atoms with E-state index >= 15 is 0 Å². The summed E-state index contributed by atoms with van der Waals surface area (Å²) in [4.78, 5) is 0. The molecule has 0 amide bonds. The highest BCUT2D eigenvalue weighted by molar-refractivity contribution is 6.31. The van der Waals surface area contributed by atoms with Crippen LogP contribution in [0.25, 0.3) is 0 Å². The Morgan fingerprint density at radius 3 is 2.29 bits per heavy atom. The van der Waals surface area contributed by atoms with Gasteiger partial charge in [0.15, 0.2) is 0 Å². The van der Waals surface area contributed by atoms with E-state index in [1.54, 1.807) is 0 Å². The molecule has 2 rings (SSSR count). The summed E-state index contributed by atoms with van der Waals surface area (Å²) in [6.45, 7) is 0.318. The van der Waals surface area contributed by atoms with Crippen LogP contribution in [0.2, 0.25) is 5.02 Å². The van der Waals surface area contributed by atoms with Crippen molar-refractivity contribution in [3.05, 3.63) is 58.9 Å². The van der Waals surface area contributed by atoms with Crippen molar-refractivity contribution in [1.82, 2.24) is 0 Å². The van der Waals surface area contributed by atoms with Crippen molar-refractivity contribution in [3.8, 4) is 5.75 Å². The molecule has 0 bridgehead atoms. The highest BCUT2D eigenvalue weighted by Gasteiger charge is 2.30. The minimum atomic E-state index is -4.71. The zero-order valence-electron chi connectivity index (χ0n) is 10.5. The average Bonchev–Trinajstić information content (AvgIpc) is 2.38. The molecule has 2 nitrogen and oxygen atoms in total. The summed E-state index contributed by atoms with van der Waals surface area (Å²) in [7, 11) is 0. The van der Waals surface area contributed by atoms with E-state index in [1.807, 2.05) is 0 Å². The van der Waals surface area contributed by atoms with Crippen LogP contribution in [-0.2, 0) is 6.54 Å². The summed E-state index contributed by atoms with van der Waals surface area (Å²) in [6.07, 6.45) is -4.71. The number of nitrogens with one attached hydrogen (secondary N) is 1. The third-order valence-corrected chi connectivity index (χ3v) is 2.94. The average molecular weight is 320 g/mol. The van der Waals surface area contributed by atoms with Crippen LogP contribution in [-0.4, -0.2) is 6.36 Å². The quantitative estimate of drug-likeness (QED) is 0.802. The molecule has 0 aliphatic rings. The van der Waals surface area contributed by atoms with Crippen LogP contribution in [0.1, 0.15) is 5.56 Å². The van der Waals surface area contributed by atoms with Gasteiger partial charge >= 0.3 is 6.36 Å². The number of ether oxygens (including phenoxy) is 1. The number of hydrogen-bond acceptors (Lipinski definition) is 2. The molecule has 0 aliphatic carbocycles. The topological polar surface area (TPSA) is 21.3 Å². The Balaban J connectivity index is 1.97. The van der Waals surface area contributed by atoms with E-state index in [0.29, 0.717) is 17.8 Å². The molecule has 0 aromatic heterocycles. The number of rotatable bonds is 4. The monoisotopic (exact) mass is 319 g/mol. The maximum absolute atomic E-state index is 12.9. The first-order valence-corrected chi connectivity index (χ1v) is 6.25. The van der Waals surface area contributed by atoms with Crippen LogP contribution in [0.3, 0.4) is 0 Å². The van der Waals surface area contributed by atoms with E-state index in [1.165, 1.54) is 42.5 Å². The summed E-state index contributed by atoms with van der Waals surface area (Å²) >= 11 is 5.87. The number of anilines is 1. The van der Waals surface area contributed by atoms with Gasteiger partial charge in [0.2, 0.25) is 0 Å². The molecule has 0 unspecified atom stereocenters. The fourth-order valence-corrected chi connectivity index (χ4v) is 1.87. The maximum Gasteiger partial charge on any atom is 0.573 e. The van der Waals surface area contributed by atoms with Gasteiger partial charge in [-0.1, -0.05) is 17.7 Å². The molecule has 0 saturated heterocycles. The normalized spacial score (nSPS) is 11.3. The summed E-state index contributed by atoms with van der Waals surface area (Å²) in [5.74, 6) is -0.731. The molecule has 0 heterocycles. The van der Waals surface area contributed by atoms with Gasteiger partial charge in [0.1, 0.15) is 11.6 Å². The molecule has 0 aliphatic heterocycles. The van der Waals surface area contributed by atoms with Crippen molar-refractivity contribution in [2.24, 2.45) is 0 Å². The van der Waals surface area contributed by atoms with Crippen molar-refractivity contribution < 1.29 is 22.3 Å². The maximum atomic E-state index is 12.9. The third-order valence-electron chi connectivity index (χ3n) is 2.59. The van der Waals surface area contributed by atoms with Gasteiger partial charge in [-0.15, -0.1) is 13.2 Å². The Kier molecular flexibility index (Phi) is 4.57. The van der Waals surface area contributed by atoms with Crippen LogP contribution in [0.15, 0.2) is 42.5 Å². The van der Waals surface area contributed by atoms with Crippen LogP contribution < -0.4 is 10.1 Å². The van der Waals surface area contributed by atoms with Crippen molar-refractivity contribution in [2.45, 2.75) is 12.9 Å². The zero-order valence-corrected chi connectivity index (χ0v) is 11.3. The van der Waals surface area contributed by atoms with E-state index in [0.717, 1.165) is 0 Å². The molecule has 112 valence electrons. The number of hydrogen-bond donors (Lipinski definition) is 1. The molecular formula is C14H10ClF4NO. The largest absolute Gasteiger partial charge is 0.573 e. The van der Waals surface area contributed by atoms with Crippen LogP contribution in [0, 0.1) is 5.82 Å². The molecule has 21 heavy (non-hydrogen) atoms. The van der Waals surface area contributed by atoms with Crippen LogP contribution >= 0.6 is 11.6 Å². The Morgan fingerprint density at radius 2 is 1.71 bits per heavy atom. The van der Waals surface area contributed by atoms with Gasteiger partial charge in [0, 0.05) is 17.3 Å². The first-order chi connectivity index (χ1) is 9.83. The van der Waals surface area contributed by atoms with Gasteiger partial charge in [-0.2, -0.15) is 0 Å². The second-order valence-corrected chi connectivity index (χ2v) is 4.57. The fourth-order valence-electron chi connectivity index (χ4n) is 1.64. The van der Waals surface area contributed by atoms with E-state index < -0.39 is 12.2 Å². The molecule has 0 spiro atoms. The van der Waals surface area contributed by atoms with Crippen molar-refractivity contribution in [2.75, 3.05) is 5.32 Å². The first kappa shape index (κ1) is 15.4. The highest BCUT2D eigenvalue weighted by Crippen LogP contribution is 2.24. The third kappa shape index (κ3) is 4.82. The highest BCUT2D eigenvalue weighted by atomic mass is 35.5. The van der Waals surface area contributed by atoms with Crippen LogP contribution in [0.5, 0.6) is 5.75 Å². The Labute approximate surface area is 123 Å². The van der Waals surface area contributed by atoms with Crippen LogP contribution in [0.4, 0.5) is 23.2 Å². The van der Waals surface area contributed by atoms with Crippen molar-refractivity contribution in [3.63, 3.8) is 0 Å². The first-order valence-electron chi connectivity index (χ1n) is 5.87. The fraction of sp³-hybridized carbons (Fsp3) is 0.143. The lowest BCUT2D eigenvalue weighted by Gasteiger charge is -2.11. The summed E-state index contributed by atoms with van der Waals surface area (Å²) < 4.78 is 52.7. The lowest BCUT2D eigenvalue weighted by molar-refractivity contribution is -0.274. The molecule has 0 saturated carbocycles. The number of halogens is 5.